The normalized spacial score (nSPS) is 9.77. The third-order valence-corrected chi connectivity index (χ3v) is 2.15. The fourth-order valence-corrected chi connectivity index (χ4v) is 1.56. The molecular weight excluding hydrogens is 257 g/mol. The van der Waals surface area contributed by atoms with Gasteiger partial charge in [-0.3, -0.25) is 0 Å². The van der Waals surface area contributed by atoms with E-state index in [-0.39, 0.29) is 10.6 Å². The van der Waals surface area contributed by atoms with Gasteiger partial charge in [-0.15, -0.1) is 0 Å². The molecule has 0 radical (unpaired) electrons. The average molecular weight is 264 g/mol. The van der Waals surface area contributed by atoms with E-state index in [4.69, 9.17) is 10.5 Å². The van der Waals surface area contributed by atoms with Crippen LogP contribution in [0.5, 0.6) is 5.75 Å². The number of halogens is 2. The second-order valence-corrected chi connectivity index (χ2v) is 3.68. The maximum absolute atomic E-state index is 13.3. The molecule has 0 heterocycles. The van der Waals surface area contributed by atoms with Crippen LogP contribution in [-0.4, -0.2) is 12.1 Å². The molecule has 0 aliphatic carbocycles. The molecule has 0 saturated carbocycles. The number of nitrogens with two attached hydrogens (primary N) is 1. The van der Waals surface area contributed by atoms with Crippen molar-refractivity contribution in [2.75, 3.05) is 7.11 Å². The molecule has 70 valence electrons. The van der Waals surface area contributed by atoms with Gasteiger partial charge in [0.15, 0.2) is 0 Å². The third kappa shape index (κ3) is 2.16. The summed E-state index contributed by atoms with van der Waals surface area (Å²) in [5, 5.41) is 0. The van der Waals surface area contributed by atoms with Gasteiger partial charge in [0.2, 0.25) is 0 Å². The van der Waals surface area contributed by atoms with E-state index in [1.165, 1.54) is 13.2 Å². The van der Waals surface area contributed by atoms with E-state index in [0.717, 1.165) is 0 Å². The van der Waals surface area contributed by atoms with Crippen molar-refractivity contribution in [3.8, 4) is 5.75 Å². The van der Waals surface area contributed by atoms with Gasteiger partial charge in [-0.1, -0.05) is 28.1 Å². The van der Waals surface area contributed by atoms with Crippen molar-refractivity contribution in [1.29, 1.82) is 0 Å². The van der Waals surface area contributed by atoms with Crippen molar-refractivity contribution < 1.29 is 9.13 Å². The van der Waals surface area contributed by atoms with E-state index in [2.05, 4.69) is 28.1 Å². The van der Waals surface area contributed by atoms with Gasteiger partial charge in [0.1, 0.15) is 16.6 Å². The number of hydrogen-bond acceptors (Lipinski definition) is 2. The molecule has 0 aliphatic heterocycles. The lowest BCUT2D eigenvalue weighted by Gasteiger charge is -2.08. The summed E-state index contributed by atoms with van der Waals surface area (Å²) in [6.45, 7) is 0. The molecule has 0 aliphatic rings. The summed E-state index contributed by atoms with van der Waals surface area (Å²) >= 11 is 7.82. The fraction of sp³-hybridized carbons (Fsp3) is 0.125. The molecule has 5 heteroatoms. The molecule has 1 aromatic rings. The SMILES string of the molecule is COc1cc(Br)cc(F)c1C(N)=S. The van der Waals surface area contributed by atoms with Gasteiger partial charge >= 0.3 is 0 Å². The number of rotatable bonds is 2. The minimum absolute atomic E-state index is 0.0122. The number of ether oxygens (including phenoxy) is 1. The zero-order valence-corrected chi connectivity index (χ0v) is 9.21. The molecule has 0 aromatic heterocycles. The Labute approximate surface area is 89.0 Å². The van der Waals surface area contributed by atoms with Gasteiger partial charge in [-0.05, 0) is 12.1 Å². The van der Waals surface area contributed by atoms with Crippen LogP contribution in [0.1, 0.15) is 5.56 Å². The predicted molar refractivity (Wildman–Crippen MR) is 56.5 cm³/mol. The maximum Gasteiger partial charge on any atom is 0.138 e. The van der Waals surface area contributed by atoms with Crippen molar-refractivity contribution >= 4 is 33.1 Å². The number of benzene rings is 1. The third-order valence-electron chi connectivity index (χ3n) is 1.49. The maximum atomic E-state index is 13.3. The van der Waals surface area contributed by atoms with Gasteiger partial charge in [-0.2, -0.15) is 0 Å². The second kappa shape index (κ2) is 4.02. The Bertz CT molecular complexity index is 356. The second-order valence-electron chi connectivity index (χ2n) is 2.33. The van der Waals surface area contributed by atoms with Crippen molar-refractivity contribution in [2.45, 2.75) is 0 Å². The Morgan fingerprint density at radius 2 is 2.23 bits per heavy atom. The van der Waals surface area contributed by atoms with Crippen LogP contribution in [0.3, 0.4) is 0 Å². The fourth-order valence-electron chi connectivity index (χ4n) is 0.950. The highest BCUT2D eigenvalue weighted by Crippen LogP contribution is 2.26. The first-order chi connectivity index (χ1) is 6.06. The minimum atomic E-state index is -0.487. The average Bonchev–Trinajstić information content (AvgIpc) is 2.01. The molecule has 1 rings (SSSR count). The van der Waals surface area contributed by atoms with E-state index in [1.54, 1.807) is 6.07 Å². The van der Waals surface area contributed by atoms with Crippen LogP contribution < -0.4 is 10.5 Å². The molecule has 0 unspecified atom stereocenters. The minimum Gasteiger partial charge on any atom is -0.496 e. The van der Waals surface area contributed by atoms with Crippen molar-refractivity contribution in [3.05, 3.63) is 28.0 Å². The van der Waals surface area contributed by atoms with E-state index < -0.39 is 5.82 Å². The van der Waals surface area contributed by atoms with Gasteiger partial charge in [0.25, 0.3) is 0 Å². The van der Waals surface area contributed by atoms with Crippen LogP contribution in [-0.2, 0) is 0 Å². The van der Waals surface area contributed by atoms with Gasteiger partial charge in [-0.25, -0.2) is 4.39 Å². The molecule has 0 atom stereocenters. The smallest absolute Gasteiger partial charge is 0.138 e. The lowest BCUT2D eigenvalue weighted by molar-refractivity contribution is 0.410. The predicted octanol–water partition coefficient (Wildman–Crippen LogP) is 2.23. The molecule has 2 N–H and O–H groups in total. The van der Waals surface area contributed by atoms with Crippen molar-refractivity contribution in [2.24, 2.45) is 5.73 Å². The first-order valence-electron chi connectivity index (χ1n) is 3.39. The summed E-state index contributed by atoms with van der Waals surface area (Å²) < 4.78 is 18.8. The summed E-state index contributed by atoms with van der Waals surface area (Å²) in [6, 6.07) is 2.90. The van der Waals surface area contributed by atoms with E-state index in [1.807, 2.05) is 0 Å². The first kappa shape index (κ1) is 10.4. The van der Waals surface area contributed by atoms with Gasteiger partial charge in [0, 0.05) is 4.47 Å². The molecule has 1 aromatic carbocycles. The largest absolute Gasteiger partial charge is 0.496 e. The molecular formula is C8H7BrFNOS. The Balaban J connectivity index is 3.38. The summed E-state index contributed by atoms with van der Waals surface area (Å²) in [6.07, 6.45) is 0. The summed E-state index contributed by atoms with van der Waals surface area (Å²) in [7, 11) is 1.43. The molecule has 0 spiro atoms. The van der Waals surface area contributed by atoms with Crippen LogP contribution in [0, 0.1) is 5.82 Å². The molecule has 2 nitrogen and oxygen atoms in total. The number of thiocarbonyl (C=S) groups is 1. The summed E-state index contributed by atoms with van der Waals surface area (Å²) in [5.74, 6) is -0.155. The van der Waals surface area contributed by atoms with Gasteiger partial charge < -0.3 is 10.5 Å². The van der Waals surface area contributed by atoms with E-state index >= 15 is 0 Å². The Morgan fingerprint density at radius 1 is 1.62 bits per heavy atom. The van der Waals surface area contributed by atoms with Crippen LogP contribution in [0.15, 0.2) is 16.6 Å². The molecule has 0 fully saturated rings. The standard InChI is InChI=1S/C8H7BrFNOS/c1-12-6-3-4(9)2-5(10)7(6)8(11)13/h2-3H,1H3,(H2,11,13). The zero-order valence-electron chi connectivity index (χ0n) is 6.80. The molecule has 0 amide bonds. The molecule has 0 saturated heterocycles. The monoisotopic (exact) mass is 263 g/mol. The lowest BCUT2D eigenvalue weighted by Crippen LogP contribution is -2.13. The van der Waals surface area contributed by atoms with Gasteiger partial charge in [0.05, 0.1) is 12.7 Å². The first-order valence-corrected chi connectivity index (χ1v) is 4.59. The van der Waals surface area contributed by atoms with Crippen molar-refractivity contribution in [1.82, 2.24) is 0 Å². The molecule has 13 heavy (non-hydrogen) atoms. The quantitative estimate of drug-likeness (QED) is 0.832. The van der Waals surface area contributed by atoms with Crippen molar-refractivity contribution in [3.63, 3.8) is 0 Å². The van der Waals surface area contributed by atoms with E-state index in [9.17, 15) is 4.39 Å². The van der Waals surface area contributed by atoms with Crippen LogP contribution in [0.25, 0.3) is 0 Å². The summed E-state index contributed by atoms with van der Waals surface area (Å²) in [5.41, 5.74) is 5.48. The van der Waals surface area contributed by atoms with Crippen LogP contribution >= 0.6 is 28.1 Å². The van der Waals surface area contributed by atoms with E-state index in [0.29, 0.717) is 10.2 Å². The Kier molecular flexibility index (Phi) is 3.22. The number of methoxy groups -OCH3 is 1. The highest BCUT2D eigenvalue weighted by atomic mass is 79.9. The molecule has 0 bridgehead atoms. The Hall–Kier alpha value is -0.680. The topological polar surface area (TPSA) is 35.2 Å². The summed E-state index contributed by atoms with van der Waals surface area (Å²) in [4.78, 5) is -0.0122. The van der Waals surface area contributed by atoms with Crippen LogP contribution in [0.4, 0.5) is 4.39 Å². The zero-order chi connectivity index (χ0) is 10.0. The lowest BCUT2D eigenvalue weighted by atomic mass is 10.2. The Morgan fingerprint density at radius 3 is 2.69 bits per heavy atom. The number of hydrogen-bond donors (Lipinski definition) is 1. The highest BCUT2D eigenvalue weighted by Gasteiger charge is 2.12. The highest BCUT2D eigenvalue weighted by molar-refractivity contribution is 9.10. The van der Waals surface area contributed by atoms with Crippen LogP contribution in [0.2, 0.25) is 0 Å².